The summed E-state index contributed by atoms with van der Waals surface area (Å²) in [5.41, 5.74) is 6.37. The molecule has 2 aromatic heterocycles. The number of nitrogens with one attached hydrogen (secondary N) is 2. The first-order chi connectivity index (χ1) is 15.1. The number of aromatic nitrogens is 3. The summed E-state index contributed by atoms with van der Waals surface area (Å²) >= 11 is 0. The van der Waals surface area contributed by atoms with Crippen LogP contribution < -0.4 is 4.90 Å². The second-order valence-electron chi connectivity index (χ2n) is 9.78. The number of likely N-dealkylation sites (N-methyl/N-ethyl adjacent to an activating group) is 1. The third kappa shape index (κ3) is 3.73. The number of nitrogens with zero attached hydrogens (tertiary/aromatic N) is 3. The normalized spacial score (nSPS) is 19.8. The zero-order valence-corrected chi connectivity index (χ0v) is 19.6. The molecule has 32 heavy (non-hydrogen) atoms. The van der Waals surface area contributed by atoms with E-state index in [1.165, 1.54) is 20.5 Å². The van der Waals surface area contributed by atoms with Crippen LogP contribution in [-0.4, -0.2) is 59.7 Å². The predicted octanol–water partition coefficient (Wildman–Crippen LogP) is 3.07. The molecule has 5 rings (SSSR count). The van der Waals surface area contributed by atoms with Crippen LogP contribution in [0.1, 0.15) is 37.9 Å². The van der Waals surface area contributed by atoms with Crippen LogP contribution in [0, 0.1) is 5.41 Å². The van der Waals surface area contributed by atoms with Crippen molar-refractivity contribution < 1.29 is 13.2 Å². The summed E-state index contributed by atoms with van der Waals surface area (Å²) in [4.78, 5) is 17.7. The molecule has 0 radical (unpaired) electrons. The van der Waals surface area contributed by atoms with Crippen LogP contribution in [0.2, 0.25) is 0 Å². The molecule has 1 aliphatic heterocycles. The van der Waals surface area contributed by atoms with Gasteiger partial charge in [0.1, 0.15) is 5.69 Å². The summed E-state index contributed by atoms with van der Waals surface area (Å²) < 4.78 is 25.3. The number of amides is 1. The molecular weight excluding hydrogens is 426 g/mol. The van der Waals surface area contributed by atoms with Gasteiger partial charge in [-0.15, -0.1) is 0 Å². The Morgan fingerprint density at radius 1 is 1.28 bits per heavy atom. The fraction of sp³-hybridized carbons (Fsp3) is 0.478. The van der Waals surface area contributed by atoms with Gasteiger partial charge in [-0.3, -0.25) is 9.89 Å². The topological polar surface area (TPSA) is 102 Å². The number of H-pyrrole nitrogens is 2. The predicted molar refractivity (Wildman–Crippen MR) is 125 cm³/mol. The molecule has 2 aliphatic rings. The van der Waals surface area contributed by atoms with Crippen LogP contribution in [0.15, 0.2) is 24.3 Å². The van der Waals surface area contributed by atoms with Gasteiger partial charge in [0.15, 0.2) is 0 Å². The fourth-order valence-corrected chi connectivity index (χ4v) is 6.26. The van der Waals surface area contributed by atoms with Crippen molar-refractivity contribution in [2.75, 3.05) is 30.8 Å². The summed E-state index contributed by atoms with van der Waals surface area (Å²) in [5.74, 6) is -0.124. The summed E-state index contributed by atoms with van der Waals surface area (Å²) in [6.45, 7) is 4.87. The summed E-state index contributed by atoms with van der Waals surface area (Å²) in [5, 5.41) is 8.88. The Kier molecular flexibility index (Phi) is 4.94. The van der Waals surface area contributed by atoms with E-state index in [2.05, 4.69) is 35.1 Å². The lowest BCUT2D eigenvalue weighted by atomic mass is 9.76. The van der Waals surface area contributed by atoms with E-state index in [-0.39, 0.29) is 23.6 Å². The number of hydrogen-bond donors (Lipinski definition) is 2. The molecule has 2 N–H and O–H groups in total. The third-order valence-electron chi connectivity index (χ3n) is 6.80. The van der Waals surface area contributed by atoms with Crippen LogP contribution in [0.3, 0.4) is 0 Å². The highest BCUT2D eigenvalue weighted by Crippen LogP contribution is 2.38. The molecule has 1 fully saturated rings. The van der Waals surface area contributed by atoms with Crippen molar-refractivity contribution in [1.82, 2.24) is 19.5 Å². The molecule has 1 aliphatic carbocycles. The van der Waals surface area contributed by atoms with Crippen molar-refractivity contribution in [2.24, 2.45) is 5.41 Å². The number of rotatable bonds is 4. The Hall–Kier alpha value is -2.65. The van der Waals surface area contributed by atoms with Gasteiger partial charge in [-0.05, 0) is 49.3 Å². The molecule has 0 saturated carbocycles. The Labute approximate surface area is 188 Å². The minimum Gasteiger partial charge on any atom is -0.353 e. The number of carbonyl (C=O) groups is 1. The fourth-order valence-electron chi connectivity index (χ4n) is 4.79. The summed E-state index contributed by atoms with van der Waals surface area (Å²) in [6, 6.07) is 7.88. The highest BCUT2D eigenvalue weighted by molar-refractivity contribution is 7.89. The van der Waals surface area contributed by atoms with Crippen molar-refractivity contribution >= 4 is 32.5 Å². The average molecular weight is 456 g/mol. The first-order valence-corrected chi connectivity index (χ1v) is 12.7. The maximum absolute atomic E-state index is 12.7. The molecular formula is C23H29N5O3S. The van der Waals surface area contributed by atoms with Gasteiger partial charge in [0.2, 0.25) is 15.9 Å². The van der Waals surface area contributed by atoms with Gasteiger partial charge in [-0.2, -0.15) is 9.40 Å². The molecule has 0 bridgehead atoms. The van der Waals surface area contributed by atoms with Crippen LogP contribution in [0.5, 0.6) is 0 Å². The van der Waals surface area contributed by atoms with Crippen LogP contribution in [-0.2, 0) is 27.7 Å². The minimum absolute atomic E-state index is 0.121. The number of benzene rings is 1. The van der Waals surface area contributed by atoms with Crippen molar-refractivity contribution in [2.45, 2.75) is 39.5 Å². The smallest absolute Gasteiger partial charge is 0.242 e. The number of sulfonamides is 1. The van der Waals surface area contributed by atoms with E-state index in [9.17, 15) is 13.2 Å². The molecule has 0 spiro atoms. The minimum atomic E-state index is -3.30. The van der Waals surface area contributed by atoms with E-state index >= 15 is 0 Å². The molecule has 8 nitrogen and oxygen atoms in total. The lowest BCUT2D eigenvalue weighted by Crippen LogP contribution is -2.39. The van der Waals surface area contributed by atoms with Crippen molar-refractivity contribution in [3.63, 3.8) is 0 Å². The van der Waals surface area contributed by atoms with E-state index in [1.54, 1.807) is 7.05 Å². The molecule has 3 aromatic rings. The Morgan fingerprint density at radius 3 is 2.84 bits per heavy atom. The maximum Gasteiger partial charge on any atom is 0.242 e. The third-order valence-corrected chi connectivity index (χ3v) is 8.70. The van der Waals surface area contributed by atoms with Gasteiger partial charge in [0.25, 0.3) is 0 Å². The zero-order chi connectivity index (χ0) is 22.7. The second kappa shape index (κ2) is 7.45. The summed E-state index contributed by atoms with van der Waals surface area (Å²) in [6.07, 6.45) is 3.71. The molecule has 0 atom stereocenters. The first kappa shape index (κ1) is 21.2. The monoisotopic (exact) mass is 455 g/mol. The highest BCUT2D eigenvalue weighted by atomic mass is 32.2. The molecule has 1 amide bonds. The molecule has 1 aromatic carbocycles. The van der Waals surface area contributed by atoms with E-state index in [1.807, 2.05) is 18.2 Å². The molecule has 170 valence electrons. The first-order valence-electron chi connectivity index (χ1n) is 11.1. The van der Waals surface area contributed by atoms with E-state index in [0.717, 1.165) is 47.2 Å². The Balaban J connectivity index is 1.39. The van der Waals surface area contributed by atoms with Crippen molar-refractivity contribution in [3.8, 4) is 11.4 Å². The largest absolute Gasteiger partial charge is 0.353 e. The summed E-state index contributed by atoms with van der Waals surface area (Å²) in [7, 11) is -1.62. The van der Waals surface area contributed by atoms with Crippen LogP contribution in [0.4, 0.5) is 5.69 Å². The van der Waals surface area contributed by atoms with Gasteiger partial charge in [0, 0.05) is 41.4 Å². The Bertz CT molecular complexity index is 1300. The molecule has 9 heteroatoms. The SMILES string of the molecule is CN(C(=O)CN1CCCS1(=O)=O)c1ccc2cc(-c3n[nH]c4c3CCC(C)(C)C4)[nH]c2c1. The number of hydrogen-bond acceptors (Lipinski definition) is 4. The lowest BCUT2D eigenvalue weighted by Gasteiger charge is -2.28. The van der Waals surface area contributed by atoms with Crippen molar-refractivity contribution in [3.05, 3.63) is 35.5 Å². The van der Waals surface area contributed by atoms with Gasteiger partial charge >= 0.3 is 0 Å². The van der Waals surface area contributed by atoms with Gasteiger partial charge < -0.3 is 9.88 Å². The standard InChI is InChI=1S/C23H29N5O3S/c1-23(2)8-7-17-20(13-23)25-26-22(17)19-11-15-5-6-16(12-18(15)24-19)27(3)21(29)14-28-9-4-10-32(28,30)31/h5-6,11-12,24H,4,7-10,13-14H2,1-3H3,(H,25,26). The highest BCUT2D eigenvalue weighted by Gasteiger charge is 2.31. The number of aromatic amines is 2. The molecule has 0 unspecified atom stereocenters. The van der Waals surface area contributed by atoms with E-state index < -0.39 is 10.0 Å². The van der Waals surface area contributed by atoms with Crippen LogP contribution in [0.25, 0.3) is 22.3 Å². The quantitative estimate of drug-likeness (QED) is 0.631. The number of fused-ring (bicyclic) bond motifs is 2. The van der Waals surface area contributed by atoms with E-state index in [0.29, 0.717) is 13.0 Å². The second-order valence-corrected chi connectivity index (χ2v) is 11.9. The van der Waals surface area contributed by atoms with Gasteiger partial charge in [0.05, 0.1) is 18.0 Å². The van der Waals surface area contributed by atoms with Crippen LogP contribution >= 0.6 is 0 Å². The lowest BCUT2D eigenvalue weighted by molar-refractivity contribution is -0.118. The van der Waals surface area contributed by atoms with E-state index in [4.69, 9.17) is 0 Å². The zero-order valence-electron chi connectivity index (χ0n) is 18.7. The molecule has 1 saturated heterocycles. The number of anilines is 1. The molecule has 3 heterocycles. The number of carbonyl (C=O) groups excluding carboxylic acids is 1. The average Bonchev–Trinajstić information content (AvgIpc) is 3.42. The maximum atomic E-state index is 12.7. The Morgan fingerprint density at radius 2 is 2.09 bits per heavy atom. The van der Waals surface area contributed by atoms with Gasteiger partial charge in [-0.1, -0.05) is 19.9 Å². The van der Waals surface area contributed by atoms with Crippen molar-refractivity contribution in [1.29, 1.82) is 0 Å². The van der Waals surface area contributed by atoms with Gasteiger partial charge in [-0.25, -0.2) is 8.42 Å².